The Morgan fingerprint density at radius 2 is 1.71 bits per heavy atom. The Kier molecular flexibility index (Phi) is 8.06. The van der Waals surface area contributed by atoms with E-state index in [2.05, 4.69) is 25.6 Å². The van der Waals surface area contributed by atoms with Crippen LogP contribution in [0.25, 0.3) is 22.3 Å². The molecule has 0 unspecified atom stereocenters. The third-order valence-electron chi connectivity index (χ3n) is 7.46. The molecule has 11 heteroatoms. The maximum absolute atomic E-state index is 14.8. The summed E-state index contributed by atoms with van der Waals surface area (Å²) in [4.78, 5) is 37.7. The van der Waals surface area contributed by atoms with Crippen LogP contribution < -0.4 is 20.1 Å². The van der Waals surface area contributed by atoms with E-state index in [1.165, 1.54) is 19.5 Å². The van der Waals surface area contributed by atoms with Gasteiger partial charge < -0.3 is 29.8 Å². The van der Waals surface area contributed by atoms with Gasteiger partial charge in [-0.25, -0.2) is 19.2 Å². The zero-order chi connectivity index (χ0) is 29.3. The number of halogens is 1. The van der Waals surface area contributed by atoms with E-state index in [1.54, 1.807) is 13.0 Å². The van der Waals surface area contributed by atoms with E-state index in [1.807, 2.05) is 20.8 Å². The van der Waals surface area contributed by atoms with Crippen molar-refractivity contribution in [3.63, 3.8) is 0 Å². The molecule has 2 fully saturated rings. The molecule has 0 atom stereocenters. The van der Waals surface area contributed by atoms with E-state index < -0.39 is 17.5 Å². The van der Waals surface area contributed by atoms with Gasteiger partial charge in [-0.3, -0.25) is 4.79 Å². The van der Waals surface area contributed by atoms with Crippen LogP contribution in [0.4, 0.5) is 9.18 Å². The number of hydrogen-bond acceptors (Lipinski definition) is 7. The molecule has 5 rings (SSSR count). The molecule has 3 aromatic rings. The van der Waals surface area contributed by atoms with Gasteiger partial charge in [0.15, 0.2) is 11.6 Å². The Morgan fingerprint density at radius 1 is 1.02 bits per heavy atom. The first-order valence-corrected chi connectivity index (χ1v) is 14.2. The Labute approximate surface area is 238 Å². The molecular weight excluding hydrogens is 529 g/mol. The van der Waals surface area contributed by atoms with E-state index in [-0.39, 0.29) is 23.7 Å². The Morgan fingerprint density at radius 3 is 2.34 bits per heavy atom. The number of alkyl carbamates (subject to hydrolysis) is 1. The van der Waals surface area contributed by atoms with Crippen molar-refractivity contribution in [3.8, 4) is 22.8 Å². The molecule has 220 valence electrons. The summed E-state index contributed by atoms with van der Waals surface area (Å²) in [5, 5.41) is 6.06. The number of H-pyrrole nitrogens is 1. The molecule has 0 radical (unpaired) electrons. The van der Waals surface area contributed by atoms with E-state index in [9.17, 15) is 14.0 Å². The van der Waals surface area contributed by atoms with Crippen molar-refractivity contribution in [2.24, 2.45) is 5.92 Å². The molecule has 2 amide bonds. The first-order chi connectivity index (χ1) is 19.5. The number of carbonyl (C=O) groups excluding carboxylic acids is 2. The number of benzene rings is 1. The van der Waals surface area contributed by atoms with Gasteiger partial charge in [0.1, 0.15) is 28.9 Å². The summed E-state index contributed by atoms with van der Waals surface area (Å²) in [5.74, 6) is 0.267. The van der Waals surface area contributed by atoms with Crippen LogP contribution in [-0.4, -0.2) is 58.4 Å². The summed E-state index contributed by atoms with van der Waals surface area (Å²) >= 11 is 0. The van der Waals surface area contributed by atoms with Crippen LogP contribution in [-0.2, 0) is 4.74 Å². The molecule has 0 spiro atoms. The van der Waals surface area contributed by atoms with Crippen LogP contribution in [0.2, 0.25) is 0 Å². The van der Waals surface area contributed by atoms with E-state index in [0.717, 1.165) is 38.5 Å². The Bertz CT molecular complexity index is 1440. The molecule has 2 aliphatic carbocycles. The average molecular weight is 568 g/mol. The highest BCUT2D eigenvalue weighted by Crippen LogP contribution is 2.39. The summed E-state index contributed by atoms with van der Waals surface area (Å²) in [5.41, 5.74) is 2.39. The van der Waals surface area contributed by atoms with Gasteiger partial charge in [-0.15, -0.1) is 0 Å². The Hall–Kier alpha value is -3.89. The number of amides is 2. The van der Waals surface area contributed by atoms with E-state index in [0.29, 0.717) is 51.8 Å². The third-order valence-corrected chi connectivity index (χ3v) is 7.46. The number of carbonyl (C=O) groups is 2. The van der Waals surface area contributed by atoms with Crippen LogP contribution in [0.3, 0.4) is 0 Å². The molecule has 10 nitrogen and oxygen atoms in total. The quantitative estimate of drug-likeness (QED) is 0.331. The SMILES string of the molecule is COc1cc(OCC2CC2)c(-c2ncnc3c(C(=O)NC4CCC(NC(=O)OC(C)(C)C)CC4)c(C)[nH]c23)cc1F. The lowest BCUT2D eigenvalue weighted by molar-refractivity contribution is 0.0488. The topological polar surface area (TPSA) is 127 Å². The molecule has 0 bridgehead atoms. The van der Waals surface area contributed by atoms with Gasteiger partial charge in [0.05, 0.1) is 24.8 Å². The van der Waals surface area contributed by atoms with E-state index in [4.69, 9.17) is 14.2 Å². The fourth-order valence-corrected chi connectivity index (χ4v) is 5.20. The summed E-state index contributed by atoms with van der Waals surface area (Å²) < 4.78 is 31.5. The van der Waals surface area contributed by atoms with Crippen molar-refractivity contribution in [2.45, 2.75) is 83.9 Å². The van der Waals surface area contributed by atoms with Crippen molar-refractivity contribution in [1.82, 2.24) is 25.6 Å². The van der Waals surface area contributed by atoms with Gasteiger partial charge in [-0.05, 0) is 78.2 Å². The zero-order valence-corrected chi connectivity index (χ0v) is 24.2. The molecule has 0 saturated heterocycles. The van der Waals surface area contributed by atoms with E-state index >= 15 is 0 Å². The largest absolute Gasteiger partial charge is 0.494 e. The number of nitrogens with one attached hydrogen (secondary N) is 3. The lowest BCUT2D eigenvalue weighted by atomic mass is 9.91. The van der Waals surface area contributed by atoms with Crippen molar-refractivity contribution >= 4 is 23.0 Å². The predicted molar refractivity (Wildman–Crippen MR) is 152 cm³/mol. The van der Waals surface area contributed by atoms with Crippen LogP contribution in [0.1, 0.15) is 75.3 Å². The number of ether oxygens (including phenoxy) is 3. The summed E-state index contributed by atoms with van der Waals surface area (Å²) in [6.07, 6.45) is 6.09. The molecule has 2 saturated carbocycles. The maximum Gasteiger partial charge on any atom is 0.407 e. The second-order valence-electron chi connectivity index (χ2n) is 12.0. The van der Waals surface area contributed by atoms with Crippen LogP contribution in [0, 0.1) is 18.7 Å². The lowest BCUT2D eigenvalue weighted by Crippen LogP contribution is -2.45. The van der Waals surface area contributed by atoms with Crippen molar-refractivity contribution in [1.29, 1.82) is 0 Å². The second kappa shape index (κ2) is 11.5. The summed E-state index contributed by atoms with van der Waals surface area (Å²) in [6, 6.07) is 2.85. The van der Waals surface area contributed by atoms with Gasteiger partial charge in [0.2, 0.25) is 0 Å². The first kappa shape index (κ1) is 28.6. The number of methoxy groups -OCH3 is 1. The number of aromatic nitrogens is 3. The molecule has 0 aliphatic heterocycles. The highest BCUT2D eigenvalue weighted by molar-refractivity contribution is 6.09. The van der Waals surface area contributed by atoms with Gasteiger partial charge >= 0.3 is 6.09 Å². The summed E-state index contributed by atoms with van der Waals surface area (Å²) in [7, 11) is 1.41. The van der Waals surface area contributed by atoms with Crippen LogP contribution in [0.15, 0.2) is 18.5 Å². The van der Waals surface area contributed by atoms with Crippen molar-refractivity contribution in [3.05, 3.63) is 35.5 Å². The molecule has 1 aromatic carbocycles. The molecule has 3 N–H and O–H groups in total. The minimum atomic E-state index is -0.553. The maximum atomic E-state index is 14.8. The predicted octanol–water partition coefficient (Wildman–Crippen LogP) is 5.44. The third kappa shape index (κ3) is 6.71. The van der Waals surface area contributed by atoms with Crippen LogP contribution >= 0.6 is 0 Å². The monoisotopic (exact) mass is 567 g/mol. The number of fused-ring (bicyclic) bond motifs is 1. The minimum Gasteiger partial charge on any atom is -0.494 e. The highest BCUT2D eigenvalue weighted by atomic mass is 19.1. The van der Waals surface area contributed by atoms with Crippen LogP contribution in [0.5, 0.6) is 11.5 Å². The first-order valence-electron chi connectivity index (χ1n) is 14.2. The fraction of sp³-hybridized carbons (Fsp3) is 0.533. The Balaban J connectivity index is 1.33. The smallest absolute Gasteiger partial charge is 0.407 e. The van der Waals surface area contributed by atoms with Crippen molar-refractivity contribution in [2.75, 3.05) is 13.7 Å². The number of aromatic amines is 1. The van der Waals surface area contributed by atoms with Gasteiger partial charge in [-0.2, -0.15) is 0 Å². The lowest BCUT2D eigenvalue weighted by Gasteiger charge is -2.30. The second-order valence-corrected chi connectivity index (χ2v) is 12.0. The van der Waals surface area contributed by atoms with Crippen molar-refractivity contribution < 1.29 is 28.2 Å². The fourth-order valence-electron chi connectivity index (χ4n) is 5.20. The minimum absolute atomic E-state index is 0.00403. The number of aryl methyl sites for hydroxylation is 1. The molecule has 2 aliphatic rings. The van der Waals surface area contributed by atoms with Gasteiger partial charge in [0.25, 0.3) is 5.91 Å². The average Bonchev–Trinajstić information content (AvgIpc) is 3.67. The molecule has 41 heavy (non-hydrogen) atoms. The number of hydrogen-bond donors (Lipinski definition) is 3. The standard InChI is InChI=1S/C30H38FN5O5/c1-16-24(28(37)35-18-8-10-19(11-9-18)36-29(38)41-30(2,3)4)26-27(34-16)25(32-15-33-26)20-12-21(31)23(39-5)13-22(20)40-14-17-6-7-17/h12-13,15,17-19,34H,6-11,14H2,1-5H3,(H,35,37)(H,36,38). The highest BCUT2D eigenvalue weighted by Gasteiger charge is 2.29. The summed E-state index contributed by atoms with van der Waals surface area (Å²) in [6.45, 7) is 7.83. The van der Waals surface area contributed by atoms with Gasteiger partial charge in [0, 0.05) is 29.4 Å². The molecule has 2 aromatic heterocycles. The number of nitrogens with zero attached hydrogens (tertiary/aromatic N) is 2. The van der Waals surface area contributed by atoms with Gasteiger partial charge in [-0.1, -0.05) is 0 Å². The zero-order valence-electron chi connectivity index (χ0n) is 24.2. The molecule has 2 heterocycles. The normalized spacial score (nSPS) is 19.1. The molecular formula is C30H38FN5O5. The number of rotatable bonds is 8.